The van der Waals surface area contributed by atoms with Gasteiger partial charge >= 0.3 is 5.97 Å². The summed E-state index contributed by atoms with van der Waals surface area (Å²) in [5, 5.41) is 0.404. The molecular formula is C20H20ClFN2O3. The fourth-order valence-electron chi connectivity index (χ4n) is 2.94. The second kappa shape index (κ2) is 8.97. The topological polar surface area (TPSA) is 49.9 Å². The van der Waals surface area contributed by atoms with Crippen LogP contribution < -0.4 is 0 Å². The molecule has 1 saturated heterocycles. The normalized spacial score (nSPS) is 14.8. The first kappa shape index (κ1) is 19.3. The molecular weight excluding hydrogens is 371 g/mol. The first-order valence-electron chi connectivity index (χ1n) is 8.70. The van der Waals surface area contributed by atoms with E-state index in [9.17, 15) is 14.0 Å². The molecule has 0 bridgehead atoms. The van der Waals surface area contributed by atoms with Crippen molar-refractivity contribution in [2.24, 2.45) is 0 Å². The molecule has 0 N–H and O–H groups in total. The van der Waals surface area contributed by atoms with Crippen LogP contribution in [-0.4, -0.2) is 54.5 Å². The quantitative estimate of drug-likeness (QED) is 0.736. The summed E-state index contributed by atoms with van der Waals surface area (Å²) in [6.07, 6.45) is 0. The highest BCUT2D eigenvalue weighted by Crippen LogP contribution is 2.21. The fourth-order valence-corrected chi connectivity index (χ4v) is 3.16. The Hall–Kier alpha value is -2.44. The molecule has 2 aromatic rings. The van der Waals surface area contributed by atoms with Crippen LogP contribution in [0.15, 0.2) is 48.5 Å². The Kier molecular flexibility index (Phi) is 6.42. The highest BCUT2D eigenvalue weighted by atomic mass is 35.5. The minimum absolute atomic E-state index is 0.233. The van der Waals surface area contributed by atoms with E-state index in [1.54, 1.807) is 47.4 Å². The molecule has 0 spiro atoms. The summed E-state index contributed by atoms with van der Waals surface area (Å²) >= 11 is 6.07. The second-order valence-corrected chi connectivity index (χ2v) is 6.71. The summed E-state index contributed by atoms with van der Waals surface area (Å²) in [6.45, 7) is 2.30. The number of hydrogen-bond donors (Lipinski definition) is 0. The van der Waals surface area contributed by atoms with Crippen molar-refractivity contribution in [3.05, 3.63) is 70.5 Å². The lowest BCUT2D eigenvalue weighted by molar-refractivity contribution is -0.136. The molecule has 0 saturated carbocycles. The minimum Gasteiger partial charge on any atom is -0.452 e. The number of halogens is 2. The van der Waals surface area contributed by atoms with Gasteiger partial charge in [-0.05, 0) is 24.3 Å². The monoisotopic (exact) mass is 390 g/mol. The van der Waals surface area contributed by atoms with Crippen molar-refractivity contribution in [1.82, 2.24) is 9.80 Å². The lowest BCUT2D eigenvalue weighted by Crippen LogP contribution is -2.49. The molecule has 0 radical (unpaired) electrons. The van der Waals surface area contributed by atoms with Crippen molar-refractivity contribution in [1.29, 1.82) is 0 Å². The Morgan fingerprint density at radius 3 is 2.37 bits per heavy atom. The fraction of sp³-hybridized carbons (Fsp3) is 0.300. The van der Waals surface area contributed by atoms with Crippen molar-refractivity contribution in [2.45, 2.75) is 6.54 Å². The van der Waals surface area contributed by atoms with Crippen LogP contribution >= 0.6 is 11.6 Å². The van der Waals surface area contributed by atoms with Crippen LogP contribution in [0.2, 0.25) is 5.02 Å². The van der Waals surface area contributed by atoms with E-state index in [-0.39, 0.29) is 18.3 Å². The van der Waals surface area contributed by atoms with Crippen molar-refractivity contribution < 1.29 is 18.7 Å². The van der Waals surface area contributed by atoms with Crippen molar-refractivity contribution >= 4 is 23.5 Å². The summed E-state index contributed by atoms with van der Waals surface area (Å²) in [4.78, 5) is 27.9. The molecule has 3 rings (SSSR count). The minimum atomic E-state index is -0.517. The Morgan fingerprint density at radius 1 is 1.00 bits per heavy atom. The number of hydrogen-bond acceptors (Lipinski definition) is 4. The Morgan fingerprint density at radius 2 is 1.70 bits per heavy atom. The SMILES string of the molecule is O=C(OCC(=O)N1CCN(Cc2c(F)cccc2Cl)CC1)c1ccccc1. The van der Waals surface area contributed by atoms with E-state index in [2.05, 4.69) is 0 Å². The standard InChI is InChI=1S/C20H20ClFN2O3/c21-17-7-4-8-18(22)16(17)13-23-9-11-24(12-10-23)19(25)14-27-20(26)15-5-2-1-3-6-15/h1-8H,9-14H2. The number of carbonyl (C=O) groups excluding carboxylic acids is 2. The van der Waals surface area contributed by atoms with E-state index < -0.39 is 5.97 Å². The molecule has 0 unspecified atom stereocenters. The van der Waals surface area contributed by atoms with Crippen LogP contribution in [-0.2, 0) is 16.1 Å². The molecule has 1 amide bonds. The van der Waals surface area contributed by atoms with Gasteiger partial charge in [0.1, 0.15) is 5.82 Å². The number of rotatable bonds is 5. The largest absolute Gasteiger partial charge is 0.452 e. The molecule has 27 heavy (non-hydrogen) atoms. The molecule has 1 heterocycles. The number of esters is 1. The van der Waals surface area contributed by atoms with E-state index in [4.69, 9.17) is 16.3 Å². The summed E-state index contributed by atoms with van der Waals surface area (Å²) in [7, 11) is 0. The predicted molar refractivity (Wildman–Crippen MR) is 100.0 cm³/mol. The average molecular weight is 391 g/mol. The van der Waals surface area contributed by atoms with Gasteiger partial charge in [-0.3, -0.25) is 9.69 Å². The highest BCUT2D eigenvalue weighted by molar-refractivity contribution is 6.31. The molecule has 0 aliphatic carbocycles. The third kappa shape index (κ3) is 5.05. The van der Waals surface area contributed by atoms with Crippen LogP contribution in [0.5, 0.6) is 0 Å². The van der Waals surface area contributed by atoms with Crippen molar-refractivity contribution in [2.75, 3.05) is 32.8 Å². The zero-order valence-electron chi connectivity index (χ0n) is 14.7. The van der Waals surface area contributed by atoms with Crippen LogP contribution in [0.3, 0.4) is 0 Å². The van der Waals surface area contributed by atoms with Gasteiger partial charge in [0.05, 0.1) is 5.56 Å². The van der Waals surface area contributed by atoms with Crippen LogP contribution in [0, 0.1) is 5.82 Å². The Labute approximate surface area is 162 Å². The van der Waals surface area contributed by atoms with Gasteiger partial charge in [0.15, 0.2) is 6.61 Å². The lowest BCUT2D eigenvalue weighted by atomic mass is 10.2. The van der Waals surface area contributed by atoms with E-state index >= 15 is 0 Å². The zero-order chi connectivity index (χ0) is 19.2. The predicted octanol–water partition coefficient (Wildman–Crippen LogP) is 2.98. The molecule has 1 fully saturated rings. The number of benzene rings is 2. The summed E-state index contributed by atoms with van der Waals surface area (Å²) in [5.74, 6) is -1.08. The van der Waals surface area contributed by atoms with Crippen molar-refractivity contribution in [3.63, 3.8) is 0 Å². The van der Waals surface area contributed by atoms with Crippen LogP contribution in [0.1, 0.15) is 15.9 Å². The summed E-state index contributed by atoms with van der Waals surface area (Å²) in [6, 6.07) is 13.2. The van der Waals surface area contributed by atoms with E-state index in [1.807, 2.05) is 4.90 Å². The Bertz CT molecular complexity index is 788. The van der Waals surface area contributed by atoms with Gasteiger partial charge in [-0.2, -0.15) is 0 Å². The van der Waals surface area contributed by atoms with Gasteiger partial charge in [0.25, 0.3) is 5.91 Å². The van der Waals surface area contributed by atoms with E-state index in [1.165, 1.54) is 6.07 Å². The zero-order valence-corrected chi connectivity index (χ0v) is 15.5. The maximum atomic E-state index is 13.9. The third-order valence-corrected chi connectivity index (χ3v) is 4.86. The molecule has 0 aromatic heterocycles. The molecule has 1 aliphatic heterocycles. The molecule has 0 atom stereocenters. The second-order valence-electron chi connectivity index (χ2n) is 6.30. The van der Waals surface area contributed by atoms with Crippen LogP contribution in [0.25, 0.3) is 0 Å². The van der Waals surface area contributed by atoms with Gasteiger partial charge in [-0.25, -0.2) is 9.18 Å². The molecule has 5 nitrogen and oxygen atoms in total. The van der Waals surface area contributed by atoms with Gasteiger partial charge < -0.3 is 9.64 Å². The molecule has 142 valence electrons. The van der Waals surface area contributed by atoms with Gasteiger partial charge in [-0.15, -0.1) is 0 Å². The molecule has 1 aliphatic rings. The number of nitrogens with zero attached hydrogens (tertiary/aromatic N) is 2. The first-order valence-corrected chi connectivity index (χ1v) is 9.07. The van der Waals surface area contributed by atoms with Gasteiger partial charge in [0.2, 0.25) is 0 Å². The van der Waals surface area contributed by atoms with E-state index in [0.717, 1.165) is 0 Å². The molecule has 2 aromatic carbocycles. The van der Waals surface area contributed by atoms with Gasteiger partial charge in [-0.1, -0.05) is 35.9 Å². The number of amides is 1. The maximum Gasteiger partial charge on any atom is 0.338 e. The number of piperazine rings is 1. The third-order valence-electron chi connectivity index (χ3n) is 4.50. The number of ether oxygens (including phenoxy) is 1. The van der Waals surface area contributed by atoms with E-state index in [0.29, 0.717) is 48.9 Å². The smallest absolute Gasteiger partial charge is 0.338 e. The lowest BCUT2D eigenvalue weighted by Gasteiger charge is -2.34. The highest BCUT2D eigenvalue weighted by Gasteiger charge is 2.23. The first-order chi connectivity index (χ1) is 13.0. The molecule has 7 heteroatoms. The number of carbonyl (C=O) groups is 2. The Balaban J connectivity index is 1.46. The summed E-state index contributed by atoms with van der Waals surface area (Å²) < 4.78 is 19.0. The average Bonchev–Trinajstić information content (AvgIpc) is 2.70. The summed E-state index contributed by atoms with van der Waals surface area (Å²) in [5.41, 5.74) is 0.882. The van der Waals surface area contributed by atoms with Crippen LogP contribution in [0.4, 0.5) is 4.39 Å². The maximum absolute atomic E-state index is 13.9. The van der Waals surface area contributed by atoms with Gasteiger partial charge in [0, 0.05) is 43.3 Å². The van der Waals surface area contributed by atoms with Crippen molar-refractivity contribution in [3.8, 4) is 0 Å².